The van der Waals surface area contributed by atoms with Crippen LogP contribution < -0.4 is 10.2 Å². The molecule has 7 heteroatoms. The van der Waals surface area contributed by atoms with Crippen LogP contribution in [0.3, 0.4) is 0 Å². The van der Waals surface area contributed by atoms with Crippen LogP contribution in [0.2, 0.25) is 0 Å². The van der Waals surface area contributed by atoms with E-state index in [2.05, 4.69) is 10.5 Å². The molecule has 2 aromatic heterocycles. The van der Waals surface area contributed by atoms with Gasteiger partial charge in [0.25, 0.3) is 0 Å². The van der Waals surface area contributed by atoms with E-state index in [4.69, 9.17) is 0 Å². The normalized spacial score (nSPS) is 11.8. The zero-order valence-corrected chi connectivity index (χ0v) is 14.1. The number of amides is 1. The van der Waals surface area contributed by atoms with E-state index in [1.807, 2.05) is 47.3 Å². The summed E-state index contributed by atoms with van der Waals surface area (Å²) in [5.41, 5.74) is 3.60. The summed E-state index contributed by atoms with van der Waals surface area (Å²) in [5.74, 6) is -0.269. The number of rotatable bonds is 5. The number of thiazole rings is 1. The fourth-order valence-corrected chi connectivity index (χ4v) is 3.82. The van der Waals surface area contributed by atoms with Crippen LogP contribution in [0.25, 0.3) is 10.2 Å². The van der Waals surface area contributed by atoms with Crippen molar-refractivity contribution in [2.75, 3.05) is 0 Å². The van der Waals surface area contributed by atoms with Gasteiger partial charge in [0.15, 0.2) is 5.78 Å². The van der Waals surface area contributed by atoms with Gasteiger partial charge in [-0.2, -0.15) is 0 Å². The lowest BCUT2D eigenvalue weighted by atomic mass is 10.2. The van der Waals surface area contributed by atoms with E-state index in [0.29, 0.717) is 9.68 Å². The predicted octanol–water partition coefficient (Wildman–Crippen LogP) is 2.90. The first-order valence-electron chi connectivity index (χ1n) is 7.09. The summed E-state index contributed by atoms with van der Waals surface area (Å²) in [6.07, 6.45) is 0.329. The van der Waals surface area contributed by atoms with Crippen LogP contribution in [0.15, 0.2) is 46.9 Å². The minimum atomic E-state index is -0.257. The van der Waals surface area contributed by atoms with Crippen LogP contribution in [-0.2, 0) is 11.8 Å². The molecule has 0 radical (unpaired) electrons. The molecular formula is C16H15N3O2S2. The van der Waals surface area contributed by atoms with Crippen molar-refractivity contribution in [1.82, 2.24) is 9.99 Å². The van der Waals surface area contributed by atoms with E-state index in [9.17, 15) is 9.59 Å². The molecule has 0 fully saturated rings. The molecule has 0 aliphatic carbocycles. The van der Waals surface area contributed by atoms with Crippen molar-refractivity contribution >= 4 is 44.6 Å². The lowest BCUT2D eigenvalue weighted by molar-refractivity contribution is -0.121. The van der Waals surface area contributed by atoms with Crippen molar-refractivity contribution in [3.63, 3.8) is 0 Å². The van der Waals surface area contributed by atoms with Crippen molar-refractivity contribution < 1.29 is 9.59 Å². The number of nitrogens with zero attached hydrogens (tertiary/aromatic N) is 2. The van der Waals surface area contributed by atoms with E-state index < -0.39 is 0 Å². The highest BCUT2D eigenvalue weighted by Gasteiger charge is 2.10. The Balaban J connectivity index is 1.63. The van der Waals surface area contributed by atoms with Crippen LogP contribution in [0.4, 0.5) is 0 Å². The van der Waals surface area contributed by atoms with Gasteiger partial charge in [-0.1, -0.05) is 29.5 Å². The number of carbonyl (C=O) groups is 2. The van der Waals surface area contributed by atoms with Gasteiger partial charge >= 0.3 is 0 Å². The van der Waals surface area contributed by atoms with Crippen LogP contribution >= 0.6 is 22.7 Å². The number of thiophene rings is 1. The number of nitrogens with one attached hydrogen (secondary N) is 1. The third-order valence-electron chi connectivity index (χ3n) is 3.37. The molecule has 23 heavy (non-hydrogen) atoms. The van der Waals surface area contributed by atoms with Crippen molar-refractivity contribution in [1.29, 1.82) is 0 Å². The number of para-hydroxylation sites is 1. The predicted molar refractivity (Wildman–Crippen MR) is 92.4 cm³/mol. The average molecular weight is 345 g/mol. The number of aromatic nitrogens is 1. The number of hydrogen-bond acceptors (Lipinski definition) is 5. The van der Waals surface area contributed by atoms with Gasteiger partial charge in [0.05, 0.1) is 15.1 Å². The van der Waals surface area contributed by atoms with E-state index in [-0.39, 0.29) is 24.5 Å². The Morgan fingerprint density at radius 1 is 1.17 bits per heavy atom. The standard InChI is InChI=1S/C16H15N3O2S2/c1-19-11-5-2-3-6-13(11)23-16(19)18-17-15(21)9-8-12(20)14-7-4-10-22-14/h2-7,10H,8-9H2,1H3,(H,17,21)/b18-16-. The molecule has 0 aliphatic rings. The molecule has 2 heterocycles. The Kier molecular flexibility index (Phi) is 4.68. The zero-order valence-electron chi connectivity index (χ0n) is 12.5. The molecule has 0 atom stereocenters. The van der Waals surface area contributed by atoms with Crippen molar-refractivity contribution in [2.24, 2.45) is 12.1 Å². The fourth-order valence-electron chi connectivity index (χ4n) is 2.14. The highest BCUT2D eigenvalue weighted by atomic mass is 32.1. The summed E-state index contributed by atoms with van der Waals surface area (Å²) >= 11 is 2.90. The summed E-state index contributed by atoms with van der Waals surface area (Å²) in [6, 6.07) is 11.6. The molecule has 0 aliphatic heterocycles. The van der Waals surface area contributed by atoms with Crippen LogP contribution in [0.1, 0.15) is 22.5 Å². The Labute approximate surface area is 140 Å². The van der Waals surface area contributed by atoms with Gasteiger partial charge in [0.2, 0.25) is 10.7 Å². The minimum Gasteiger partial charge on any atom is -0.318 e. The third-order valence-corrected chi connectivity index (χ3v) is 5.39. The monoisotopic (exact) mass is 345 g/mol. The molecule has 0 bridgehead atoms. The summed E-state index contributed by atoms with van der Waals surface area (Å²) < 4.78 is 3.03. The van der Waals surface area contributed by atoms with Gasteiger partial charge in [0.1, 0.15) is 0 Å². The second kappa shape index (κ2) is 6.89. The summed E-state index contributed by atoms with van der Waals surface area (Å²) in [7, 11) is 1.91. The van der Waals surface area contributed by atoms with E-state index in [0.717, 1.165) is 10.2 Å². The van der Waals surface area contributed by atoms with Gasteiger partial charge in [-0.05, 0) is 23.6 Å². The summed E-state index contributed by atoms with van der Waals surface area (Å²) in [4.78, 5) is 25.1. The maximum Gasteiger partial charge on any atom is 0.240 e. The van der Waals surface area contributed by atoms with E-state index >= 15 is 0 Å². The smallest absolute Gasteiger partial charge is 0.240 e. The molecular weight excluding hydrogens is 330 g/mol. The SMILES string of the molecule is Cn1/c(=N/NC(=O)CCC(=O)c2cccs2)sc2ccccc21. The highest BCUT2D eigenvalue weighted by Crippen LogP contribution is 2.15. The zero-order chi connectivity index (χ0) is 16.2. The molecule has 0 spiro atoms. The van der Waals surface area contributed by atoms with Crippen molar-refractivity contribution in [3.05, 3.63) is 51.5 Å². The molecule has 3 aromatic rings. The Morgan fingerprint density at radius 2 is 2.00 bits per heavy atom. The fraction of sp³-hybridized carbons (Fsp3) is 0.188. The molecule has 1 N–H and O–H groups in total. The first kappa shape index (κ1) is 15.6. The molecule has 0 unspecified atom stereocenters. The van der Waals surface area contributed by atoms with Gasteiger partial charge < -0.3 is 4.57 Å². The quantitative estimate of drug-likeness (QED) is 0.571. The lowest BCUT2D eigenvalue weighted by Crippen LogP contribution is -2.23. The first-order valence-corrected chi connectivity index (χ1v) is 8.78. The van der Waals surface area contributed by atoms with Crippen molar-refractivity contribution in [2.45, 2.75) is 12.8 Å². The highest BCUT2D eigenvalue weighted by molar-refractivity contribution is 7.16. The van der Waals surface area contributed by atoms with Gasteiger partial charge in [-0.25, -0.2) is 5.43 Å². The van der Waals surface area contributed by atoms with Crippen molar-refractivity contribution in [3.8, 4) is 0 Å². The number of ketones is 1. The Hall–Kier alpha value is -2.25. The summed E-state index contributed by atoms with van der Waals surface area (Å²) in [5, 5.41) is 6.01. The molecule has 3 rings (SSSR count). The number of benzene rings is 1. The lowest BCUT2D eigenvalue weighted by Gasteiger charge is -1.99. The molecule has 1 aromatic carbocycles. The molecule has 0 saturated heterocycles. The maximum atomic E-state index is 11.9. The number of fused-ring (bicyclic) bond motifs is 1. The first-order chi connectivity index (χ1) is 11.1. The second-order valence-corrected chi connectivity index (χ2v) is 6.92. The van der Waals surface area contributed by atoms with Gasteiger partial charge in [-0.3, -0.25) is 9.59 Å². The Bertz CT molecular complexity index is 907. The number of aryl methyl sites for hydroxylation is 1. The van der Waals surface area contributed by atoms with Gasteiger partial charge in [0, 0.05) is 19.9 Å². The van der Waals surface area contributed by atoms with E-state index in [1.54, 1.807) is 6.07 Å². The second-order valence-electron chi connectivity index (χ2n) is 4.96. The molecule has 1 amide bonds. The number of carbonyl (C=O) groups excluding carboxylic acids is 2. The topological polar surface area (TPSA) is 63.5 Å². The molecule has 0 saturated carbocycles. The molecule has 5 nitrogen and oxygen atoms in total. The van der Waals surface area contributed by atoms with E-state index in [1.165, 1.54) is 22.7 Å². The molecule has 118 valence electrons. The van der Waals surface area contributed by atoms with Crippen LogP contribution in [0.5, 0.6) is 0 Å². The van der Waals surface area contributed by atoms with Crippen LogP contribution in [0, 0.1) is 0 Å². The third kappa shape index (κ3) is 3.57. The minimum absolute atomic E-state index is 0.0115. The van der Waals surface area contributed by atoms with Crippen LogP contribution in [-0.4, -0.2) is 16.3 Å². The Morgan fingerprint density at radius 3 is 2.74 bits per heavy atom. The largest absolute Gasteiger partial charge is 0.318 e. The maximum absolute atomic E-state index is 11.9. The average Bonchev–Trinajstić information content (AvgIpc) is 3.20. The number of hydrogen-bond donors (Lipinski definition) is 1. The number of Topliss-reactive ketones (excluding diaryl/α,β-unsaturated/α-hetero) is 1. The van der Waals surface area contributed by atoms with Gasteiger partial charge in [-0.15, -0.1) is 16.4 Å². The summed E-state index contributed by atoms with van der Waals surface area (Å²) in [6.45, 7) is 0.